The Balaban J connectivity index is 1.36. The van der Waals surface area contributed by atoms with Crippen LogP contribution in [0.2, 0.25) is 0 Å². The summed E-state index contributed by atoms with van der Waals surface area (Å²) < 4.78 is 16.0. The van der Waals surface area contributed by atoms with Crippen LogP contribution in [0.15, 0.2) is 36.5 Å². The molecule has 1 saturated carbocycles. The molecule has 1 aliphatic carbocycles. The van der Waals surface area contributed by atoms with E-state index in [2.05, 4.69) is 20.0 Å². The molecule has 0 radical (unpaired) electrons. The van der Waals surface area contributed by atoms with Crippen molar-refractivity contribution in [2.24, 2.45) is 5.92 Å². The molecule has 1 N–H and O–H groups in total. The van der Waals surface area contributed by atoms with Gasteiger partial charge in [0.15, 0.2) is 0 Å². The van der Waals surface area contributed by atoms with E-state index in [0.717, 1.165) is 30.8 Å². The zero-order valence-corrected chi connectivity index (χ0v) is 14.9. The van der Waals surface area contributed by atoms with Crippen LogP contribution >= 0.6 is 0 Å². The van der Waals surface area contributed by atoms with Gasteiger partial charge in [0.05, 0.1) is 11.7 Å². The Hall–Kier alpha value is -2.21. The predicted octanol–water partition coefficient (Wildman–Crippen LogP) is 2.89. The van der Waals surface area contributed by atoms with E-state index >= 15 is 0 Å². The molecule has 1 amide bonds. The van der Waals surface area contributed by atoms with Crippen molar-refractivity contribution in [1.29, 1.82) is 0 Å². The molecule has 0 saturated heterocycles. The second-order valence-electron chi connectivity index (χ2n) is 7.47. The lowest BCUT2D eigenvalue weighted by Crippen LogP contribution is -2.39. The maximum atomic E-state index is 14.0. The summed E-state index contributed by atoms with van der Waals surface area (Å²) in [6.07, 6.45) is 5.70. The monoisotopic (exact) mass is 356 g/mol. The lowest BCUT2D eigenvalue weighted by atomic mass is 10.1. The third-order valence-electron chi connectivity index (χ3n) is 5.28. The molecule has 4 rings (SSSR count). The molecule has 0 bridgehead atoms. The molecule has 1 fully saturated rings. The fourth-order valence-electron chi connectivity index (χ4n) is 3.70. The molecule has 26 heavy (non-hydrogen) atoms. The maximum absolute atomic E-state index is 14.0. The maximum Gasteiger partial charge on any atom is 0.220 e. The van der Waals surface area contributed by atoms with Crippen molar-refractivity contribution in [1.82, 2.24) is 20.0 Å². The molecule has 0 spiro atoms. The van der Waals surface area contributed by atoms with Crippen LogP contribution in [0.1, 0.15) is 43.0 Å². The molecule has 1 atom stereocenters. The Bertz CT molecular complexity index is 771. The summed E-state index contributed by atoms with van der Waals surface area (Å²) in [4.78, 5) is 14.1. The second-order valence-corrected chi connectivity index (χ2v) is 7.47. The zero-order valence-electron chi connectivity index (χ0n) is 14.9. The lowest BCUT2D eigenvalue weighted by molar-refractivity contribution is -0.121. The number of hydrogen-bond donors (Lipinski definition) is 1. The van der Waals surface area contributed by atoms with Crippen LogP contribution in [0.5, 0.6) is 0 Å². The van der Waals surface area contributed by atoms with Crippen molar-refractivity contribution in [2.75, 3.05) is 13.1 Å². The van der Waals surface area contributed by atoms with E-state index in [1.54, 1.807) is 6.07 Å². The quantitative estimate of drug-likeness (QED) is 0.830. The molecule has 2 heterocycles. The minimum absolute atomic E-state index is 0.157. The van der Waals surface area contributed by atoms with Crippen LogP contribution in [-0.2, 0) is 17.9 Å². The average Bonchev–Trinajstić information content (AvgIpc) is 3.30. The number of aromatic nitrogens is 2. The number of fused-ring (bicyclic) bond motifs is 1. The van der Waals surface area contributed by atoms with E-state index in [0.29, 0.717) is 25.4 Å². The lowest BCUT2D eigenvalue weighted by Gasteiger charge is -2.34. The van der Waals surface area contributed by atoms with Crippen molar-refractivity contribution >= 4 is 5.91 Å². The third kappa shape index (κ3) is 4.12. The summed E-state index contributed by atoms with van der Waals surface area (Å²) in [5.41, 5.74) is 1.86. The molecule has 5 nitrogen and oxygen atoms in total. The molecule has 1 unspecified atom stereocenters. The topological polar surface area (TPSA) is 50.2 Å². The number of rotatable bonds is 7. The van der Waals surface area contributed by atoms with Gasteiger partial charge in [-0.15, -0.1) is 0 Å². The van der Waals surface area contributed by atoms with Crippen molar-refractivity contribution in [3.63, 3.8) is 0 Å². The Morgan fingerprint density at radius 2 is 2.12 bits per heavy atom. The van der Waals surface area contributed by atoms with Gasteiger partial charge in [0.2, 0.25) is 5.91 Å². The molecule has 138 valence electrons. The van der Waals surface area contributed by atoms with Gasteiger partial charge in [0.25, 0.3) is 0 Å². The SMILES string of the molecule is O=C(CC1CC1)NCCC1CN(Cc2ccccc2F)Cc2ccnn21. The number of nitrogens with one attached hydrogen (secondary N) is 1. The summed E-state index contributed by atoms with van der Waals surface area (Å²) in [6.45, 7) is 2.81. The van der Waals surface area contributed by atoms with Crippen molar-refractivity contribution in [3.8, 4) is 0 Å². The minimum Gasteiger partial charge on any atom is -0.356 e. The van der Waals surface area contributed by atoms with Crippen LogP contribution < -0.4 is 5.32 Å². The summed E-state index contributed by atoms with van der Waals surface area (Å²) in [6, 6.07) is 9.16. The van der Waals surface area contributed by atoms with Gasteiger partial charge < -0.3 is 5.32 Å². The van der Waals surface area contributed by atoms with E-state index in [-0.39, 0.29) is 17.8 Å². The third-order valence-corrected chi connectivity index (χ3v) is 5.28. The molecule has 1 aromatic carbocycles. The Morgan fingerprint density at radius 1 is 1.27 bits per heavy atom. The van der Waals surface area contributed by atoms with Crippen molar-refractivity contribution in [3.05, 3.63) is 53.6 Å². The van der Waals surface area contributed by atoms with E-state index in [1.807, 2.05) is 24.4 Å². The first kappa shape index (κ1) is 17.2. The van der Waals surface area contributed by atoms with Crippen molar-refractivity contribution < 1.29 is 9.18 Å². The van der Waals surface area contributed by atoms with E-state index < -0.39 is 0 Å². The zero-order chi connectivity index (χ0) is 17.9. The summed E-state index contributed by atoms with van der Waals surface area (Å²) in [5, 5.41) is 7.50. The molecule has 6 heteroatoms. The van der Waals surface area contributed by atoms with Gasteiger partial charge in [-0.25, -0.2) is 4.39 Å². The molecular weight excluding hydrogens is 331 g/mol. The van der Waals surface area contributed by atoms with Crippen LogP contribution in [0.25, 0.3) is 0 Å². The van der Waals surface area contributed by atoms with Gasteiger partial charge in [0, 0.05) is 44.4 Å². The van der Waals surface area contributed by atoms with Crippen LogP contribution in [0.4, 0.5) is 4.39 Å². The van der Waals surface area contributed by atoms with Gasteiger partial charge in [-0.05, 0) is 37.3 Å². The Labute approximate surface area is 153 Å². The largest absolute Gasteiger partial charge is 0.356 e. The number of hydrogen-bond acceptors (Lipinski definition) is 3. The minimum atomic E-state index is -0.157. The standard InChI is InChI=1S/C20H25FN4O/c21-19-4-2-1-3-16(19)12-24-13-17(25-18(14-24)8-10-23-25)7-9-22-20(26)11-15-5-6-15/h1-4,8,10,15,17H,5-7,9,11-14H2,(H,22,26). The number of halogens is 1. The van der Waals surface area contributed by atoms with Gasteiger partial charge >= 0.3 is 0 Å². The summed E-state index contributed by atoms with van der Waals surface area (Å²) in [5.74, 6) is 0.612. The van der Waals surface area contributed by atoms with Gasteiger partial charge in [-0.3, -0.25) is 14.4 Å². The van der Waals surface area contributed by atoms with Crippen LogP contribution in [-0.4, -0.2) is 33.7 Å². The van der Waals surface area contributed by atoms with Crippen LogP contribution in [0, 0.1) is 11.7 Å². The van der Waals surface area contributed by atoms with E-state index in [1.165, 1.54) is 18.9 Å². The Kier molecular flexibility index (Phi) is 5.02. The van der Waals surface area contributed by atoms with Gasteiger partial charge in [-0.2, -0.15) is 5.10 Å². The normalized spacial score (nSPS) is 20.0. The number of amides is 1. The average molecular weight is 356 g/mol. The highest BCUT2D eigenvalue weighted by atomic mass is 19.1. The fourth-order valence-corrected chi connectivity index (χ4v) is 3.70. The van der Waals surface area contributed by atoms with E-state index in [4.69, 9.17) is 0 Å². The second kappa shape index (κ2) is 7.58. The molecule has 2 aliphatic rings. The van der Waals surface area contributed by atoms with Crippen molar-refractivity contribution in [2.45, 2.75) is 44.8 Å². The Morgan fingerprint density at radius 3 is 2.92 bits per heavy atom. The molecule has 1 aromatic heterocycles. The van der Waals surface area contributed by atoms with Gasteiger partial charge in [-0.1, -0.05) is 18.2 Å². The van der Waals surface area contributed by atoms with Crippen LogP contribution in [0.3, 0.4) is 0 Å². The molecule has 2 aromatic rings. The summed E-state index contributed by atoms with van der Waals surface area (Å²) in [7, 11) is 0. The highest BCUT2D eigenvalue weighted by Crippen LogP contribution is 2.32. The first-order valence-corrected chi connectivity index (χ1v) is 9.44. The number of nitrogens with zero attached hydrogens (tertiary/aromatic N) is 3. The summed E-state index contributed by atoms with van der Waals surface area (Å²) >= 11 is 0. The smallest absolute Gasteiger partial charge is 0.220 e. The molecule has 1 aliphatic heterocycles. The highest BCUT2D eigenvalue weighted by molar-refractivity contribution is 5.76. The fraction of sp³-hybridized carbons (Fsp3) is 0.500. The number of benzene rings is 1. The number of carbonyl (C=O) groups is 1. The van der Waals surface area contributed by atoms with Gasteiger partial charge in [0.1, 0.15) is 5.82 Å². The highest BCUT2D eigenvalue weighted by Gasteiger charge is 2.27. The van der Waals surface area contributed by atoms with E-state index in [9.17, 15) is 9.18 Å². The first-order valence-electron chi connectivity index (χ1n) is 9.44. The molecular formula is C20H25FN4O. The number of carbonyl (C=O) groups excluding carboxylic acids is 1. The predicted molar refractivity (Wildman–Crippen MR) is 96.7 cm³/mol. The first-order chi connectivity index (χ1) is 12.7.